The third-order valence-electron chi connectivity index (χ3n) is 3.46. The van der Waals surface area contributed by atoms with Crippen LogP contribution in [0, 0.1) is 19.8 Å². The molecule has 0 aliphatic carbocycles. The Balaban J connectivity index is 2.31. The van der Waals surface area contributed by atoms with Crippen LogP contribution in [-0.4, -0.2) is 5.11 Å². The number of nitrogens with one attached hydrogen (secondary N) is 1. The zero-order valence-electron chi connectivity index (χ0n) is 11.9. The molecule has 0 bridgehead atoms. The topological polar surface area (TPSA) is 32.3 Å². The van der Waals surface area contributed by atoms with Gasteiger partial charge in [0, 0.05) is 16.1 Å². The maximum atomic E-state index is 10.0. The average Bonchev–Trinajstić information content (AvgIpc) is 2.88. The standard InChI is InChI=1S/C16H21NOS/c1-10(2)15(14-6-5-9-19-14)17-13-8-7-11(3)16(18)12(13)4/h5-10,15,17-18H,1-4H3. The Kier molecular flexibility index (Phi) is 4.15. The number of benzene rings is 1. The van der Waals surface area contributed by atoms with Gasteiger partial charge >= 0.3 is 0 Å². The first kappa shape index (κ1) is 13.9. The van der Waals surface area contributed by atoms with Crippen LogP contribution < -0.4 is 5.32 Å². The molecule has 0 aliphatic rings. The third-order valence-corrected chi connectivity index (χ3v) is 4.42. The molecule has 2 aromatic rings. The van der Waals surface area contributed by atoms with Gasteiger partial charge in [-0.25, -0.2) is 0 Å². The predicted molar refractivity (Wildman–Crippen MR) is 83.1 cm³/mol. The van der Waals surface area contributed by atoms with Gasteiger partial charge in [-0.3, -0.25) is 0 Å². The van der Waals surface area contributed by atoms with Crippen LogP contribution in [0.1, 0.15) is 35.9 Å². The minimum Gasteiger partial charge on any atom is -0.507 e. The summed E-state index contributed by atoms with van der Waals surface area (Å²) in [6.07, 6.45) is 0. The largest absolute Gasteiger partial charge is 0.507 e. The van der Waals surface area contributed by atoms with E-state index in [4.69, 9.17) is 0 Å². The number of phenols is 1. The summed E-state index contributed by atoms with van der Waals surface area (Å²) in [5, 5.41) is 15.7. The van der Waals surface area contributed by atoms with Crippen LogP contribution in [0.5, 0.6) is 5.75 Å². The molecule has 1 heterocycles. The molecule has 1 atom stereocenters. The second kappa shape index (κ2) is 5.66. The molecule has 0 aliphatic heterocycles. The fraction of sp³-hybridized carbons (Fsp3) is 0.375. The van der Waals surface area contributed by atoms with E-state index in [0.29, 0.717) is 11.7 Å². The van der Waals surface area contributed by atoms with E-state index in [1.165, 1.54) is 4.88 Å². The fourth-order valence-electron chi connectivity index (χ4n) is 2.19. The van der Waals surface area contributed by atoms with E-state index < -0.39 is 0 Å². The number of hydrogen-bond acceptors (Lipinski definition) is 3. The molecule has 1 aromatic heterocycles. The average molecular weight is 275 g/mol. The van der Waals surface area contributed by atoms with E-state index in [-0.39, 0.29) is 6.04 Å². The summed E-state index contributed by atoms with van der Waals surface area (Å²) in [7, 11) is 0. The first-order chi connectivity index (χ1) is 9.00. The summed E-state index contributed by atoms with van der Waals surface area (Å²) in [4.78, 5) is 1.33. The molecule has 0 fully saturated rings. The van der Waals surface area contributed by atoms with Crippen molar-refractivity contribution in [2.75, 3.05) is 5.32 Å². The van der Waals surface area contributed by atoms with Crippen molar-refractivity contribution in [3.63, 3.8) is 0 Å². The SMILES string of the molecule is Cc1ccc(NC(c2cccs2)C(C)C)c(C)c1O. The molecular formula is C16H21NOS. The second-order valence-electron chi connectivity index (χ2n) is 5.29. The van der Waals surface area contributed by atoms with Crippen molar-refractivity contribution < 1.29 is 5.11 Å². The lowest BCUT2D eigenvalue weighted by Crippen LogP contribution is -2.16. The van der Waals surface area contributed by atoms with E-state index in [9.17, 15) is 5.11 Å². The van der Waals surface area contributed by atoms with Crippen molar-refractivity contribution in [1.29, 1.82) is 0 Å². The fourth-order valence-corrected chi connectivity index (χ4v) is 3.14. The normalized spacial score (nSPS) is 12.7. The molecule has 1 unspecified atom stereocenters. The minimum atomic E-state index is 0.279. The van der Waals surface area contributed by atoms with E-state index >= 15 is 0 Å². The molecule has 0 saturated carbocycles. The molecule has 0 amide bonds. The van der Waals surface area contributed by atoms with E-state index in [1.54, 1.807) is 11.3 Å². The maximum absolute atomic E-state index is 10.0. The van der Waals surface area contributed by atoms with Crippen LogP contribution in [-0.2, 0) is 0 Å². The highest BCUT2D eigenvalue weighted by molar-refractivity contribution is 7.10. The van der Waals surface area contributed by atoms with Gasteiger partial charge in [-0.2, -0.15) is 0 Å². The van der Waals surface area contributed by atoms with Crippen molar-refractivity contribution in [2.24, 2.45) is 5.92 Å². The van der Waals surface area contributed by atoms with Crippen molar-refractivity contribution in [3.05, 3.63) is 45.6 Å². The lowest BCUT2D eigenvalue weighted by atomic mass is 10.0. The minimum absolute atomic E-state index is 0.279. The number of hydrogen-bond donors (Lipinski definition) is 2. The number of phenolic OH excluding ortho intramolecular Hbond substituents is 1. The molecule has 2 nitrogen and oxygen atoms in total. The van der Waals surface area contributed by atoms with Crippen LogP contribution in [0.15, 0.2) is 29.6 Å². The Morgan fingerprint density at radius 3 is 2.47 bits per heavy atom. The lowest BCUT2D eigenvalue weighted by molar-refractivity contribution is 0.466. The third kappa shape index (κ3) is 2.92. The number of aromatic hydroxyl groups is 1. The summed E-state index contributed by atoms with van der Waals surface area (Å²) >= 11 is 1.77. The van der Waals surface area contributed by atoms with Crippen LogP contribution in [0.4, 0.5) is 5.69 Å². The smallest absolute Gasteiger partial charge is 0.123 e. The Morgan fingerprint density at radius 1 is 1.16 bits per heavy atom. The summed E-state index contributed by atoms with van der Waals surface area (Å²) in [6, 6.07) is 8.52. The molecular weight excluding hydrogens is 254 g/mol. The van der Waals surface area contributed by atoms with Crippen LogP contribution in [0.3, 0.4) is 0 Å². The molecule has 2 rings (SSSR count). The Hall–Kier alpha value is -1.48. The van der Waals surface area contributed by atoms with Crippen LogP contribution in [0.2, 0.25) is 0 Å². The summed E-state index contributed by atoms with van der Waals surface area (Å²) in [6.45, 7) is 8.29. The Labute approximate surface area is 119 Å². The van der Waals surface area contributed by atoms with Crippen molar-refractivity contribution in [1.82, 2.24) is 0 Å². The molecule has 1 aromatic carbocycles. The zero-order valence-corrected chi connectivity index (χ0v) is 12.7. The molecule has 2 N–H and O–H groups in total. The molecule has 102 valence electrons. The molecule has 19 heavy (non-hydrogen) atoms. The van der Waals surface area contributed by atoms with Gasteiger partial charge in [-0.15, -0.1) is 11.3 Å². The molecule has 0 spiro atoms. The van der Waals surface area contributed by atoms with E-state index in [2.05, 4.69) is 36.7 Å². The van der Waals surface area contributed by atoms with Gasteiger partial charge in [0.15, 0.2) is 0 Å². The summed E-state index contributed by atoms with van der Waals surface area (Å²) in [5.74, 6) is 0.875. The number of aryl methyl sites for hydroxylation is 1. The maximum Gasteiger partial charge on any atom is 0.123 e. The van der Waals surface area contributed by atoms with Crippen molar-refractivity contribution >= 4 is 17.0 Å². The van der Waals surface area contributed by atoms with Gasteiger partial charge in [-0.1, -0.05) is 26.0 Å². The highest BCUT2D eigenvalue weighted by Crippen LogP contribution is 2.34. The van der Waals surface area contributed by atoms with Gasteiger partial charge in [-0.05, 0) is 42.8 Å². The van der Waals surface area contributed by atoms with Gasteiger partial charge in [0.1, 0.15) is 5.75 Å². The first-order valence-electron chi connectivity index (χ1n) is 6.59. The predicted octanol–water partition coefficient (Wildman–Crippen LogP) is 4.88. The highest BCUT2D eigenvalue weighted by atomic mass is 32.1. The summed E-state index contributed by atoms with van der Waals surface area (Å²) < 4.78 is 0. The number of rotatable bonds is 4. The summed E-state index contributed by atoms with van der Waals surface area (Å²) in [5.41, 5.74) is 2.85. The van der Waals surface area contributed by atoms with Gasteiger partial charge in [0.2, 0.25) is 0 Å². The molecule has 0 radical (unpaired) electrons. The van der Waals surface area contributed by atoms with E-state index in [0.717, 1.165) is 16.8 Å². The number of anilines is 1. The molecule has 3 heteroatoms. The number of thiophene rings is 1. The van der Waals surface area contributed by atoms with Crippen LogP contribution in [0.25, 0.3) is 0 Å². The highest BCUT2D eigenvalue weighted by Gasteiger charge is 2.18. The first-order valence-corrected chi connectivity index (χ1v) is 7.47. The monoisotopic (exact) mass is 275 g/mol. The van der Waals surface area contributed by atoms with Gasteiger partial charge in [0.25, 0.3) is 0 Å². The van der Waals surface area contributed by atoms with Crippen molar-refractivity contribution in [2.45, 2.75) is 33.7 Å². The second-order valence-corrected chi connectivity index (χ2v) is 6.26. The van der Waals surface area contributed by atoms with Gasteiger partial charge < -0.3 is 10.4 Å². The lowest BCUT2D eigenvalue weighted by Gasteiger charge is -2.24. The van der Waals surface area contributed by atoms with E-state index in [1.807, 2.05) is 26.0 Å². The zero-order chi connectivity index (χ0) is 14.0. The Morgan fingerprint density at radius 2 is 1.89 bits per heavy atom. The molecule has 0 saturated heterocycles. The quantitative estimate of drug-likeness (QED) is 0.833. The van der Waals surface area contributed by atoms with Gasteiger partial charge in [0.05, 0.1) is 6.04 Å². The van der Waals surface area contributed by atoms with Crippen LogP contribution >= 0.6 is 11.3 Å². The van der Waals surface area contributed by atoms with Crippen molar-refractivity contribution in [3.8, 4) is 5.75 Å². The Bertz CT molecular complexity index is 546.